The molecule has 0 radical (unpaired) electrons. The standard InChI is InChI=1S/C21H33N5O3.HI/c1-7-22-20(24-13-18-25-19(29-26-18)21(4,5)6)23-12-17(27)15-9-8-10-16(11-15)28-14(2)3;/h8-11,14,17,27H,7,12-13H2,1-6H3,(H2,22,23,24);1H. The minimum Gasteiger partial charge on any atom is -0.491 e. The lowest BCUT2D eigenvalue weighted by atomic mass is 9.97. The molecule has 2 rings (SSSR count). The molecule has 8 nitrogen and oxygen atoms in total. The number of aliphatic imine (C=N–C) groups is 1. The van der Waals surface area contributed by atoms with Crippen LogP contribution in [0.15, 0.2) is 33.8 Å². The van der Waals surface area contributed by atoms with Crippen LogP contribution in [0.3, 0.4) is 0 Å². The van der Waals surface area contributed by atoms with Crippen LogP contribution >= 0.6 is 24.0 Å². The van der Waals surface area contributed by atoms with Crippen molar-refractivity contribution in [2.75, 3.05) is 13.1 Å². The zero-order valence-corrected chi connectivity index (χ0v) is 20.9. The summed E-state index contributed by atoms with van der Waals surface area (Å²) >= 11 is 0. The third-order valence-corrected chi connectivity index (χ3v) is 3.91. The molecule has 3 N–H and O–H groups in total. The second-order valence-corrected chi connectivity index (χ2v) is 8.10. The summed E-state index contributed by atoms with van der Waals surface area (Å²) < 4.78 is 11.0. The van der Waals surface area contributed by atoms with Crippen molar-refractivity contribution in [3.05, 3.63) is 41.5 Å². The van der Waals surface area contributed by atoms with E-state index in [2.05, 4.69) is 25.8 Å². The average molecular weight is 531 g/mol. The lowest BCUT2D eigenvalue weighted by Gasteiger charge is -2.17. The summed E-state index contributed by atoms with van der Waals surface area (Å²) in [5, 5.41) is 20.8. The fraction of sp³-hybridized carbons (Fsp3) is 0.571. The van der Waals surface area contributed by atoms with Gasteiger partial charge in [0.05, 0.1) is 12.2 Å². The van der Waals surface area contributed by atoms with Crippen LogP contribution in [-0.4, -0.2) is 40.4 Å². The molecule has 0 amide bonds. The molecule has 0 aliphatic rings. The summed E-state index contributed by atoms with van der Waals surface area (Å²) in [6, 6.07) is 7.48. The molecule has 168 valence electrons. The molecular formula is C21H34IN5O3. The highest BCUT2D eigenvalue weighted by Gasteiger charge is 2.21. The van der Waals surface area contributed by atoms with Gasteiger partial charge in [0.15, 0.2) is 11.8 Å². The summed E-state index contributed by atoms with van der Waals surface area (Å²) in [4.78, 5) is 8.86. The maximum absolute atomic E-state index is 10.5. The maximum atomic E-state index is 10.5. The molecule has 0 aliphatic heterocycles. The Morgan fingerprint density at radius 2 is 2.00 bits per heavy atom. The maximum Gasteiger partial charge on any atom is 0.232 e. The van der Waals surface area contributed by atoms with Crippen LogP contribution in [0.1, 0.15) is 64.9 Å². The van der Waals surface area contributed by atoms with Crippen molar-refractivity contribution < 1.29 is 14.4 Å². The first-order valence-corrected chi connectivity index (χ1v) is 9.99. The van der Waals surface area contributed by atoms with E-state index < -0.39 is 6.10 Å². The van der Waals surface area contributed by atoms with Gasteiger partial charge in [-0.3, -0.25) is 0 Å². The highest BCUT2D eigenvalue weighted by molar-refractivity contribution is 14.0. The smallest absolute Gasteiger partial charge is 0.232 e. The number of halogens is 1. The number of aromatic nitrogens is 2. The van der Waals surface area contributed by atoms with Crippen LogP contribution in [0.25, 0.3) is 0 Å². The number of benzene rings is 1. The fourth-order valence-corrected chi connectivity index (χ4v) is 2.49. The van der Waals surface area contributed by atoms with Gasteiger partial charge in [0.1, 0.15) is 12.3 Å². The highest BCUT2D eigenvalue weighted by atomic mass is 127. The van der Waals surface area contributed by atoms with Gasteiger partial charge >= 0.3 is 0 Å². The van der Waals surface area contributed by atoms with Crippen molar-refractivity contribution in [1.29, 1.82) is 0 Å². The molecule has 1 atom stereocenters. The predicted octanol–water partition coefficient (Wildman–Crippen LogP) is 3.56. The van der Waals surface area contributed by atoms with E-state index in [4.69, 9.17) is 9.26 Å². The number of nitrogens with zero attached hydrogens (tertiary/aromatic N) is 3. The Morgan fingerprint density at radius 1 is 1.27 bits per heavy atom. The minimum atomic E-state index is -0.702. The SMILES string of the molecule is CCNC(=NCc1noc(C(C)(C)C)n1)NCC(O)c1cccc(OC(C)C)c1.I. The molecule has 0 saturated heterocycles. The van der Waals surface area contributed by atoms with Crippen molar-refractivity contribution in [3.63, 3.8) is 0 Å². The Morgan fingerprint density at radius 3 is 2.60 bits per heavy atom. The first-order valence-electron chi connectivity index (χ1n) is 9.99. The molecule has 0 bridgehead atoms. The number of guanidine groups is 1. The zero-order chi connectivity index (χ0) is 21.4. The van der Waals surface area contributed by atoms with E-state index in [-0.39, 0.29) is 42.0 Å². The lowest BCUT2D eigenvalue weighted by Crippen LogP contribution is -2.39. The Bertz CT molecular complexity index is 802. The van der Waals surface area contributed by atoms with Gasteiger partial charge in [-0.1, -0.05) is 38.1 Å². The van der Waals surface area contributed by atoms with Crippen molar-refractivity contribution in [1.82, 2.24) is 20.8 Å². The highest BCUT2D eigenvalue weighted by Crippen LogP contribution is 2.20. The van der Waals surface area contributed by atoms with Gasteiger partial charge in [-0.05, 0) is 38.5 Å². The van der Waals surface area contributed by atoms with Crippen LogP contribution in [0.2, 0.25) is 0 Å². The van der Waals surface area contributed by atoms with Gasteiger partial charge in [-0.15, -0.1) is 24.0 Å². The Kier molecular flexibility index (Phi) is 10.5. The number of rotatable bonds is 8. The monoisotopic (exact) mass is 531 g/mol. The van der Waals surface area contributed by atoms with E-state index in [1.54, 1.807) is 0 Å². The normalized spacial score (nSPS) is 13.0. The molecule has 2 aromatic rings. The van der Waals surface area contributed by atoms with Crippen LogP contribution in [0.5, 0.6) is 5.75 Å². The van der Waals surface area contributed by atoms with E-state index in [1.165, 1.54) is 0 Å². The second kappa shape index (κ2) is 12.1. The number of ether oxygens (including phenoxy) is 1. The Balaban J connectivity index is 0.00000450. The van der Waals surface area contributed by atoms with E-state index in [0.717, 1.165) is 11.3 Å². The van der Waals surface area contributed by atoms with E-state index in [1.807, 2.05) is 65.8 Å². The molecule has 0 saturated carbocycles. The molecule has 1 unspecified atom stereocenters. The predicted molar refractivity (Wildman–Crippen MR) is 128 cm³/mol. The molecular weight excluding hydrogens is 497 g/mol. The quantitative estimate of drug-likeness (QED) is 0.272. The molecule has 9 heteroatoms. The number of aliphatic hydroxyl groups excluding tert-OH is 1. The molecule has 0 aliphatic carbocycles. The van der Waals surface area contributed by atoms with Gasteiger partial charge in [-0.2, -0.15) is 4.98 Å². The molecule has 1 heterocycles. The number of hydrogen-bond acceptors (Lipinski definition) is 6. The molecule has 1 aromatic carbocycles. The minimum absolute atomic E-state index is 0. The summed E-state index contributed by atoms with van der Waals surface area (Å²) in [6.45, 7) is 13.2. The second-order valence-electron chi connectivity index (χ2n) is 8.10. The average Bonchev–Trinajstić information content (AvgIpc) is 3.13. The largest absolute Gasteiger partial charge is 0.491 e. The van der Waals surface area contributed by atoms with E-state index in [0.29, 0.717) is 30.8 Å². The van der Waals surface area contributed by atoms with Crippen LogP contribution in [0.4, 0.5) is 0 Å². The van der Waals surface area contributed by atoms with Crippen molar-refractivity contribution in [3.8, 4) is 5.75 Å². The van der Waals surface area contributed by atoms with Gasteiger partial charge < -0.3 is 25.0 Å². The summed E-state index contributed by atoms with van der Waals surface area (Å²) in [7, 11) is 0. The topological polar surface area (TPSA) is 105 Å². The zero-order valence-electron chi connectivity index (χ0n) is 18.6. The third kappa shape index (κ3) is 8.47. The van der Waals surface area contributed by atoms with Crippen LogP contribution < -0.4 is 15.4 Å². The number of nitrogens with one attached hydrogen (secondary N) is 2. The van der Waals surface area contributed by atoms with Crippen molar-refractivity contribution in [2.24, 2.45) is 4.99 Å². The summed E-state index contributed by atoms with van der Waals surface area (Å²) in [5.41, 5.74) is 0.579. The lowest BCUT2D eigenvalue weighted by molar-refractivity contribution is 0.179. The third-order valence-electron chi connectivity index (χ3n) is 3.91. The van der Waals surface area contributed by atoms with Crippen LogP contribution in [0, 0.1) is 0 Å². The number of aliphatic hydroxyl groups is 1. The van der Waals surface area contributed by atoms with Crippen molar-refractivity contribution in [2.45, 2.75) is 65.7 Å². The molecule has 30 heavy (non-hydrogen) atoms. The van der Waals surface area contributed by atoms with Gasteiger partial charge in [0.25, 0.3) is 0 Å². The van der Waals surface area contributed by atoms with Gasteiger partial charge in [0.2, 0.25) is 5.89 Å². The summed E-state index contributed by atoms with van der Waals surface area (Å²) in [5.74, 6) is 2.41. The van der Waals surface area contributed by atoms with Crippen molar-refractivity contribution >= 4 is 29.9 Å². The van der Waals surface area contributed by atoms with Crippen LogP contribution in [-0.2, 0) is 12.0 Å². The van der Waals surface area contributed by atoms with Gasteiger partial charge in [-0.25, -0.2) is 4.99 Å². The van der Waals surface area contributed by atoms with E-state index in [9.17, 15) is 5.11 Å². The first-order chi connectivity index (χ1) is 13.7. The Hall–Kier alpha value is -1.88. The fourth-order valence-electron chi connectivity index (χ4n) is 2.49. The number of hydrogen-bond donors (Lipinski definition) is 3. The molecule has 1 aromatic heterocycles. The van der Waals surface area contributed by atoms with E-state index >= 15 is 0 Å². The Labute approximate surface area is 195 Å². The van der Waals surface area contributed by atoms with Gasteiger partial charge in [0, 0.05) is 18.5 Å². The molecule has 0 spiro atoms. The summed E-state index contributed by atoms with van der Waals surface area (Å²) in [6.07, 6.45) is -0.621. The first kappa shape index (κ1) is 26.2. The molecule has 0 fully saturated rings.